The van der Waals surface area contributed by atoms with Gasteiger partial charge in [-0.15, -0.1) is 0 Å². The van der Waals surface area contributed by atoms with Crippen LogP contribution in [0.3, 0.4) is 0 Å². The average molecular weight is 342 g/mol. The largest absolute Gasteiger partial charge is 0.392 e. The maximum atomic E-state index is 13.1. The van der Waals surface area contributed by atoms with Crippen LogP contribution in [0, 0.1) is 11.8 Å². The number of nitrogens with zero attached hydrogens (tertiary/aromatic N) is 1. The van der Waals surface area contributed by atoms with Gasteiger partial charge in [0, 0.05) is 19.0 Å². The molecule has 0 radical (unpaired) electrons. The summed E-state index contributed by atoms with van der Waals surface area (Å²) >= 11 is 0. The molecule has 1 saturated carbocycles. The molecule has 1 aliphatic rings. The molecule has 0 spiro atoms. The Labute approximate surface area is 141 Å². The molecule has 2 atom stereocenters. The highest BCUT2D eigenvalue weighted by Crippen LogP contribution is 2.41. The van der Waals surface area contributed by atoms with Crippen molar-refractivity contribution in [2.24, 2.45) is 11.8 Å². The van der Waals surface area contributed by atoms with Gasteiger partial charge in [-0.25, -0.2) is 0 Å². The van der Waals surface area contributed by atoms with Gasteiger partial charge in [0.05, 0.1) is 5.92 Å². The fraction of sp³-hybridized carbons (Fsp3) is 0.611. The fourth-order valence-electron chi connectivity index (χ4n) is 3.37. The maximum Gasteiger partial charge on any atom is 0.392 e. The molecule has 1 aliphatic carbocycles. The van der Waals surface area contributed by atoms with Gasteiger partial charge >= 0.3 is 6.18 Å². The SMILES string of the molecule is CN(C)Cc1ccccc1CNC(=O)[C@@H]1CCCC[C@H]1C(F)(F)F. The van der Waals surface area contributed by atoms with Crippen LogP contribution in [0.5, 0.6) is 0 Å². The first-order valence-corrected chi connectivity index (χ1v) is 8.35. The molecule has 1 aromatic rings. The zero-order valence-corrected chi connectivity index (χ0v) is 14.2. The molecule has 1 amide bonds. The van der Waals surface area contributed by atoms with Crippen molar-refractivity contribution in [3.8, 4) is 0 Å². The number of benzene rings is 1. The van der Waals surface area contributed by atoms with Crippen molar-refractivity contribution in [1.29, 1.82) is 0 Å². The van der Waals surface area contributed by atoms with Crippen LogP contribution in [0.2, 0.25) is 0 Å². The predicted octanol–water partition coefficient (Wildman–Crippen LogP) is 3.73. The van der Waals surface area contributed by atoms with Crippen LogP contribution in [0.25, 0.3) is 0 Å². The van der Waals surface area contributed by atoms with Crippen LogP contribution in [-0.2, 0) is 17.9 Å². The van der Waals surface area contributed by atoms with E-state index in [1.165, 1.54) is 0 Å². The molecule has 0 aliphatic heterocycles. The lowest BCUT2D eigenvalue weighted by atomic mass is 9.78. The highest BCUT2D eigenvalue weighted by molar-refractivity contribution is 5.79. The summed E-state index contributed by atoms with van der Waals surface area (Å²) < 4.78 is 39.4. The Balaban J connectivity index is 2.02. The van der Waals surface area contributed by atoms with E-state index in [-0.39, 0.29) is 13.0 Å². The summed E-state index contributed by atoms with van der Waals surface area (Å²) in [6, 6.07) is 7.67. The molecule has 0 unspecified atom stereocenters. The van der Waals surface area contributed by atoms with Crippen LogP contribution in [-0.4, -0.2) is 31.1 Å². The standard InChI is InChI=1S/C18H25F3N2O/c1-23(2)12-14-8-4-3-7-13(14)11-22-17(24)15-9-5-6-10-16(15)18(19,20)21/h3-4,7-8,15-16H,5-6,9-12H2,1-2H3,(H,22,24)/t15-,16-/m1/s1. The number of amides is 1. The summed E-state index contributed by atoms with van der Waals surface area (Å²) in [7, 11) is 3.90. The summed E-state index contributed by atoms with van der Waals surface area (Å²) in [5.74, 6) is -2.94. The minimum absolute atomic E-state index is 0.0544. The van der Waals surface area contributed by atoms with Crippen molar-refractivity contribution >= 4 is 5.91 Å². The number of alkyl halides is 3. The Morgan fingerprint density at radius 1 is 1.17 bits per heavy atom. The van der Waals surface area contributed by atoms with E-state index < -0.39 is 23.9 Å². The van der Waals surface area contributed by atoms with Gasteiger partial charge in [-0.2, -0.15) is 13.2 Å². The van der Waals surface area contributed by atoms with Gasteiger partial charge in [0.2, 0.25) is 5.91 Å². The smallest absolute Gasteiger partial charge is 0.352 e. The summed E-state index contributed by atoms with van der Waals surface area (Å²) in [6.45, 7) is 0.991. The Morgan fingerprint density at radius 2 is 1.79 bits per heavy atom. The van der Waals surface area contributed by atoms with E-state index in [4.69, 9.17) is 0 Å². The van der Waals surface area contributed by atoms with Crippen LogP contribution in [0.4, 0.5) is 13.2 Å². The fourth-order valence-corrected chi connectivity index (χ4v) is 3.37. The molecule has 0 saturated heterocycles. The van der Waals surface area contributed by atoms with E-state index in [1.54, 1.807) is 0 Å². The van der Waals surface area contributed by atoms with Crippen molar-refractivity contribution in [2.45, 2.75) is 44.9 Å². The summed E-state index contributed by atoms with van der Waals surface area (Å²) in [4.78, 5) is 14.4. The molecule has 0 bridgehead atoms. The lowest BCUT2D eigenvalue weighted by Gasteiger charge is -2.32. The molecular formula is C18H25F3N2O. The summed E-state index contributed by atoms with van der Waals surface area (Å²) in [5, 5.41) is 2.73. The molecule has 0 heterocycles. The molecule has 6 heteroatoms. The normalized spacial score (nSPS) is 21.8. The third kappa shape index (κ3) is 4.97. The molecule has 1 aromatic carbocycles. The first kappa shape index (κ1) is 18.8. The zero-order valence-electron chi connectivity index (χ0n) is 14.2. The van der Waals surface area contributed by atoms with Crippen molar-refractivity contribution in [2.75, 3.05) is 14.1 Å². The molecule has 1 N–H and O–H groups in total. The van der Waals surface area contributed by atoms with Crippen molar-refractivity contribution in [1.82, 2.24) is 10.2 Å². The third-order valence-electron chi connectivity index (χ3n) is 4.58. The predicted molar refractivity (Wildman–Crippen MR) is 87.2 cm³/mol. The molecular weight excluding hydrogens is 317 g/mol. The monoisotopic (exact) mass is 342 g/mol. The highest BCUT2D eigenvalue weighted by Gasteiger charge is 2.47. The molecule has 3 nitrogen and oxygen atoms in total. The van der Waals surface area contributed by atoms with Crippen molar-refractivity contribution in [3.05, 3.63) is 35.4 Å². The van der Waals surface area contributed by atoms with Gasteiger partial charge in [0.15, 0.2) is 0 Å². The van der Waals surface area contributed by atoms with Crippen LogP contribution >= 0.6 is 0 Å². The number of carbonyl (C=O) groups is 1. The molecule has 1 fully saturated rings. The number of hydrogen-bond acceptors (Lipinski definition) is 2. The lowest BCUT2D eigenvalue weighted by Crippen LogP contribution is -2.42. The second-order valence-corrected chi connectivity index (χ2v) is 6.76. The summed E-state index contributed by atoms with van der Waals surface area (Å²) in [6.07, 6.45) is -2.71. The van der Waals surface area contributed by atoms with Gasteiger partial charge in [-0.3, -0.25) is 4.79 Å². The van der Waals surface area contributed by atoms with Crippen LogP contribution in [0.15, 0.2) is 24.3 Å². The average Bonchev–Trinajstić information content (AvgIpc) is 2.52. The van der Waals surface area contributed by atoms with Gasteiger partial charge in [-0.05, 0) is 38.1 Å². The highest BCUT2D eigenvalue weighted by atomic mass is 19.4. The van der Waals surface area contributed by atoms with Crippen molar-refractivity contribution < 1.29 is 18.0 Å². The maximum absolute atomic E-state index is 13.1. The molecule has 134 valence electrons. The number of nitrogens with one attached hydrogen (secondary N) is 1. The number of hydrogen-bond donors (Lipinski definition) is 1. The Hall–Kier alpha value is -1.56. The van der Waals surface area contributed by atoms with Gasteiger partial charge < -0.3 is 10.2 Å². The zero-order chi connectivity index (χ0) is 17.7. The van der Waals surface area contributed by atoms with E-state index in [1.807, 2.05) is 43.3 Å². The quantitative estimate of drug-likeness (QED) is 0.884. The van der Waals surface area contributed by atoms with E-state index in [0.29, 0.717) is 19.3 Å². The topological polar surface area (TPSA) is 32.3 Å². The summed E-state index contributed by atoms with van der Waals surface area (Å²) in [5.41, 5.74) is 2.01. The van der Waals surface area contributed by atoms with Gasteiger partial charge in [-0.1, -0.05) is 37.1 Å². The van der Waals surface area contributed by atoms with E-state index in [2.05, 4.69) is 5.32 Å². The van der Waals surface area contributed by atoms with E-state index in [9.17, 15) is 18.0 Å². The second-order valence-electron chi connectivity index (χ2n) is 6.76. The molecule has 2 rings (SSSR count). The number of carbonyl (C=O) groups excluding carboxylic acids is 1. The second kappa shape index (κ2) is 8.01. The minimum Gasteiger partial charge on any atom is -0.352 e. The van der Waals surface area contributed by atoms with E-state index >= 15 is 0 Å². The Kier molecular flexibility index (Phi) is 6.27. The molecule has 0 aromatic heterocycles. The Bertz CT molecular complexity index is 557. The third-order valence-corrected chi connectivity index (χ3v) is 4.58. The lowest BCUT2D eigenvalue weighted by molar-refractivity contribution is -0.198. The minimum atomic E-state index is -4.30. The molecule has 24 heavy (non-hydrogen) atoms. The van der Waals surface area contributed by atoms with Gasteiger partial charge in [0.1, 0.15) is 0 Å². The first-order valence-electron chi connectivity index (χ1n) is 8.35. The first-order chi connectivity index (χ1) is 11.3. The van der Waals surface area contributed by atoms with E-state index in [0.717, 1.165) is 17.7 Å². The van der Waals surface area contributed by atoms with Gasteiger partial charge in [0.25, 0.3) is 0 Å². The van der Waals surface area contributed by atoms with Crippen LogP contribution < -0.4 is 5.32 Å². The Morgan fingerprint density at radius 3 is 2.42 bits per heavy atom. The van der Waals surface area contributed by atoms with Crippen molar-refractivity contribution in [3.63, 3.8) is 0 Å². The number of rotatable bonds is 5. The van der Waals surface area contributed by atoms with Crippen LogP contribution in [0.1, 0.15) is 36.8 Å². The number of halogens is 3.